The maximum atomic E-state index is 14.1. The quantitative estimate of drug-likeness (QED) is 0.278. The Bertz CT molecular complexity index is 1560. The summed E-state index contributed by atoms with van der Waals surface area (Å²) >= 11 is 0. The van der Waals surface area contributed by atoms with E-state index in [0.29, 0.717) is 28.1 Å². The number of carbonyl (C=O) groups excluding carboxylic acids is 3. The monoisotopic (exact) mass is 509 g/mol. The highest BCUT2D eigenvalue weighted by Crippen LogP contribution is 2.54. The molecule has 8 nitrogen and oxygen atoms in total. The fraction of sp³-hybridized carbons (Fsp3) is 0.233. The van der Waals surface area contributed by atoms with Gasteiger partial charge in [0.2, 0.25) is 5.54 Å². The maximum Gasteiger partial charge on any atom is 0.339 e. The lowest BCUT2D eigenvalue weighted by atomic mass is 9.65. The molecule has 0 radical (unpaired) electrons. The number of rotatable bonds is 5. The standard InChI is InChI=1S/C30H27N3O5/c1-3-37-27(35)30(28(36)38-4-2)24(18-12-6-5-7-13-18)23-19-14-8-10-16-21(19)31-25(23)29(33-30)20-15-9-11-17-22(20)32-26(29)34/h5-17,24,31,33H,3-4H2,1-2H3,(H,32,34). The summed E-state index contributed by atoms with van der Waals surface area (Å²) in [5.74, 6) is -2.88. The highest BCUT2D eigenvalue weighted by Gasteiger charge is 2.68. The second-order valence-electron chi connectivity index (χ2n) is 9.43. The number of anilines is 1. The van der Waals surface area contributed by atoms with Crippen molar-refractivity contribution < 1.29 is 23.9 Å². The number of aromatic nitrogens is 1. The molecule has 192 valence electrons. The molecule has 6 rings (SSSR count). The third-order valence-electron chi connectivity index (χ3n) is 7.48. The van der Waals surface area contributed by atoms with E-state index in [4.69, 9.17) is 9.47 Å². The molecule has 3 heterocycles. The number of H-pyrrole nitrogens is 1. The first-order valence-electron chi connectivity index (χ1n) is 12.7. The maximum absolute atomic E-state index is 14.1. The van der Waals surface area contributed by atoms with Gasteiger partial charge >= 0.3 is 11.9 Å². The Kier molecular flexibility index (Phi) is 5.57. The third-order valence-corrected chi connectivity index (χ3v) is 7.48. The van der Waals surface area contributed by atoms with Crippen LogP contribution in [0.15, 0.2) is 78.9 Å². The summed E-state index contributed by atoms with van der Waals surface area (Å²) in [4.78, 5) is 45.8. The summed E-state index contributed by atoms with van der Waals surface area (Å²) in [6.45, 7) is 3.45. The van der Waals surface area contributed by atoms with Crippen molar-refractivity contribution in [3.8, 4) is 0 Å². The van der Waals surface area contributed by atoms with Gasteiger partial charge in [-0.05, 0) is 37.1 Å². The lowest BCUT2D eigenvalue weighted by Crippen LogP contribution is -2.73. The van der Waals surface area contributed by atoms with E-state index in [1.54, 1.807) is 19.9 Å². The molecular formula is C30H27N3O5. The van der Waals surface area contributed by atoms with Gasteiger partial charge < -0.3 is 19.8 Å². The molecule has 8 heteroatoms. The first-order valence-corrected chi connectivity index (χ1v) is 12.7. The Morgan fingerprint density at radius 2 is 1.47 bits per heavy atom. The number of carbonyl (C=O) groups is 3. The summed E-state index contributed by atoms with van der Waals surface area (Å²) < 4.78 is 11.2. The van der Waals surface area contributed by atoms with Crippen LogP contribution >= 0.6 is 0 Å². The first-order chi connectivity index (χ1) is 18.5. The third kappa shape index (κ3) is 3.10. The van der Waals surface area contributed by atoms with Crippen molar-refractivity contribution in [2.24, 2.45) is 0 Å². The molecule has 0 aliphatic carbocycles. The van der Waals surface area contributed by atoms with Crippen molar-refractivity contribution in [2.75, 3.05) is 18.5 Å². The van der Waals surface area contributed by atoms with Crippen molar-refractivity contribution in [1.82, 2.24) is 10.3 Å². The van der Waals surface area contributed by atoms with Crippen LogP contribution in [0.5, 0.6) is 0 Å². The Morgan fingerprint density at radius 1 is 0.842 bits per heavy atom. The zero-order valence-corrected chi connectivity index (χ0v) is 21.0. The van der Waals surface area contributed by atoms with Gasteiger partial charge in [0.05, 0.1) is 24.8 Å². The average Bonchev–Trinajstić information content (AvgIpc) is 3.45. The minimum atomic E-state index is -2.07. The summed E-state index contributed by atoms with van der Waals surface area (Å²) in [5, 5.41) is 7.04. The number of hydrogen-bond donors (Lipinski definition) is 3. The highest BCUT2D eigenvalue weighted by molar-refractivity contribution is 6.14. The Hall–Kier alpha value is -4.43. The Morgan fingerprint density at radius 3 is 2.18 bits per heavy atom. The lowest BCUT2D eigenvalue weighted by Gasteiger charge is -2.47. The van der Waals surface area contributed by atoms with E-state index in [-0.39, 0.29) is 13.2 Å². The van der Waals surface area contributed by atoms with Crippen LogP contribution in [0.1, 0.15) is 42.1 Å². The van der Waals surface area contributed by atoms with E-state index < -0.39 is 34.8 Å². The molecule has 0 bridgehead atoms. The topological polar surface area (TPSA) is 110 Å². The van der Waals surface area contributed by atoms with Gasteiger partial charge in [-0.3, -0.25) is 10.1 Å². The molecular weight excluding hydrogens is 482 g/mol. The van der Waals surface area contributed by atoms with E-state index in [0.717, 1.165) is 10.9 Å². The molecule has 3 N–H and O–H groups in total. The van der Waals surface area contributed by atoms with Crippen LogP contribution in [-0.2, 0) is 29.4 Å². The normalized spacial score (nSPS) is 21.0. The zero-order chi connectivity index (χ0) is 26.5. The van der Waals surface area contributed by atoms with Gasteiger partial charge in [-0.1, -0.05) is 66.7 Å². The number of para-hydroxylation sites is 2. The van der Waals surface area contributed by atoms with Gasteiger partial charge in [0.1, 0.15) is 0 Å². The van der Waals surface area contributed by atoms with Crippen LogP contribution in [0.3, 0.4) is 0 Å². The van der Waals surface area contributed by atoms with Gasteiger partial charge in [-0.15, -0.1) is 0 Å². The number of ether oxygens (including phenoxy) is 2. The molecule has 0 saturated carbocycles. The van der Waals surface area contributed by atoms with Crippen LogP contribution in [0.2, 0.25) is 0 Å². The molecule has 2 aliphatic heterocycles. The van der Waals surface area contributed by atoms with Gasteiger partial charge in [-0.2, -0.15) is 0 Å². The van der Waals surface area contributed by atoms with E-state index in [9.17, 15) is 14.4 Å². The van der Waals surface area contributed by atoms with Gasteiger partial charge in [-0.25, -0.2) is 9.59 Å². The van der Waals surface area contributed by atoms with Crippen LogP contribution in [0, 0.1) is 0 Å². The van der Waals surface area contributed by atoms with Crippen molar-refractivity contribution >= 4 is 34.4 Å². The number of nitrogens with one attached hydrogen (secondary N) is 3. The van der Waals surface area contributed by atoms with Gasteiger partial charge in [0.15, 0.2) is 5.54 Å². The van der Waals surface area contributed by atoms with E-state index in [1.165, 1.54) is 0 Å². The van der Waals surface area contributed by atoms with Crippen LogP contribution in [0.25, 0.3) is 10.9 Å². The SMILES string of the molecule is CCOC(=O)C1(C(=O)OCC)NC2(C(=O)Nc3ccccc32)c2[nH]c3ccccc3c2C1c1ccccc1. The summed E-state index contributed by atoms with van der Waals surface area (Å²) in [6.07, 6.45) is 0. The van der Waals surface area contributed by atoms with Gasteiger partial charge in [0.25, 0.3) is 5.91 Å². The molecule has 38 heavy (non-hydrogen) atoms. The number of hydrogen-bond acceptors (Lipinski definition) is 6. The molecule has 0 saturated heterocycles. The minimum absolute atomic E-state index is 0.0414. The number of esters is 2. The Balaban J connectivity index is 1.79. The predicted molar refractivity (Wildman–Crippen MR) is 142 cm³/mol. The smallest absolute Gasteiger partial charge is 0.339 e. The van der Waals surface area contributed by atoms with Crippen LogP contribution in [0.4, 0.5) is 5.69 Å². The average molecular weight is 510 g/mol. The van der Waals surface area contributed by atoms with E-state index in [1.807, 2.05) is 72.8 Å². The molecule has 4 aromatic rings. The van der Waals surface area contributed by atoms with Crippen LogP contribution < -0.4 is 10.6 Å². The molecule has 3 aromatic carbocycles. The minimum Gasteiger partial charge on any atom is -0.464 e. The molecule has 1 spiro atoms. The molecule has 2 atom stereocenters. The number of benzene rings is 3. The number of fused-ring (bicyclic) bond motifs is 6. The van der Waals surface area contributed by atoms with E-state index >= 15 is 0 Å². The van der Waals surface area contributed by atoms with Crippen molar-refractivity contribution in [3.63, 3.8) is 0 Å². The summed E-state index contributed by atoms with van der Waals surface area (Å²) in [6, 6.07) is 24.2. The zero-order valence-electron chi connectivity index (χ0n) is 21.0. The van der Waals surface area contributed by atoms with Crippen molar-refractivity contribution in [3.05, 3.63) is 101 Å². The largest absolute Gasteiger partial charge is 0.464 e. The first kappa shape index (κ1) is 23.9. The molecule has 2 unspecified atom stereocenters. The van der Waals surface area contributed by atoms with Gasteiger partial charge in [0, 0.05) is 22.2 Å². The van der Waals surface area contributed by atoms with E-state index in [2.05, 4.69) is 15.6 Å². The fourth-order valence-corrected chi connectivity index (χ4v) is 6.01. The molecule has 2 aliphatic rings. The van der Waals surface area contributed by atoms with Crippen molar-refractivity contribution in [1.29, 1.82) is 0 Å². The molecule has 1 amide bonds. The predicted octanol–water partition coefficient (Wildman–Crippen LogP) is 3.96. The Labute approximate surface area is 219 Å². The molecule has 1 aromatic heterocycles. The fourth-order valence-electron chi connectivity index (χ4n) is 6.01. The lowest BCUT2D eigenvalue weighted by molar-refractivity contribution is -0.169. The summed E-state index contributed by atoms with van der Waals surface area (Å²) in [7, 11) is 0. The second-order valence-corrected chi connectivity index (χ2v) is 9.43. The summed E-state index contributed by atoms with van der Waals surface area (Å²) in [5.41, 5.74) is 0.249. The second kappa shape index (κ2) is 8.85. The highest BCUT2D eigenvalue weighted by atomic mass is 16.6. The van der Waals surface area contributed by atoms with Crippen LogP contribution in [-0.4, -0.2) is 41.6 Å². The molecule has 0 fully saturated rings. The van der Waals surface area contributed by atoms with Crippen molar-refractivity contribution in [2.45, 2.75) is 30.8 Å². The number of amides is 1. The number of aromatic amines is 1.